The normalized spacial score (nSPS) is 10.5. The molecule has 2 heterocycles. The van der Waals surface area contributed by atoms with Gasteiger partial charge in [0, 0.05) is 18.1 Å². The Kier molecular flexibility index (Phi) is 4.41. The first-order chi connectivity index (χ1) is 8.08. The second kappa shape index (κ2) is 5.65. The summed E-state index contributed by atoms with van der Waals surface area (Å²) in [5, 5.41) is 3.96. The van der Waals surface area contributed by atoms with Crippen LogP contribution in [-0.2, 0) is 6.54 Å². The summed E-state index contributed by atoms with van der Waals surface area (Å²) in [6.45, 7) is 0.630. The molecule has 0 radical (unpaired) electrons. The first-order valence-electron chi connectivity index (χ1n) is 4.79. The largest absolute Gasteiger partial charge is 0.337 e. The summed E-state index contributed by atoms with van der Waals surface area (Å²) in [6, 6.07) is 3.94. The smallest absolute Gasteiger partial charge is 0.265 e. The molecular formula is C11H9Br2NOS2. The summed E-state index contributed by atoms with van der Waals surface area (Å²) in [5.74, 6) is 0.0502. The van der Waals surface area contributed by atoms with E-state index in [4.69, 9.17) is 0 Å². The summed E-state index contributed by atoms with van der Waals surface area (Å²) in [4.78, 5) is 14.6. The lowest BCUT2D eigenvalue weighted by atomic mass is 10.3. The Bertz CT molecular complexity index is 535. The van der Waals surface area contributed by atoms with Gasteiger partial charge in [-0.25, -0.2) is 0 Å². The van der Waals surface area contributed by atoms with Crippen LogP contribution >= 0.6 is 54.5 Å². The Hall–Kier alpha value is -0.170. The number of hydrogen-bond donors (Lipinski definition) is 0. The van der Waals surface area contributed by atoms with Crippen molar-refractivity contribution in [1.82, 2.24) is 4.90 Å². The Morgan fingerprint density at radius 1 is 1.41 bits per heavy atom. The van der Waals surface area contributed by atoms with Crippen LogP contribution in [0.25, 0.3) is 0 Å². The molecule has 6 heteroatoms. The zero-order valence-electron chi connectivity index (χ0n) is 8.94. The molecule has 2 rings (SSSR count). The number of thiophene rings is 2. The average Bonchev–Trinajstić information content (AvgIpc) is 2.86. The molecule has 2 aromatic heterocycles. The Morgan fingerprint density at radius 3 is 2.71 bits per heavy atom. The Balaban J connectivity index is 2.08. The molecule has 0 spiro atoms. The van der Waals surface area contributed by atoms with Crippen LogP contribution in [0.2, 0.25) is 0 Å². The van der Waals surface area contributed by atoms with E-state index in [9.17, 15) is 4.79 Å². The van der Waals surface area contributed by atoms with Crippen molar-refractivity contribution >= 4 is 60.4 Å². The van der Waals surface area contributed by atoms with Crippen LogP contribution in [0.5, 0.6) is 0 Å². The van der Waals surface area contributed by atoms with Crippen molar-refractivity contribution < 1.29 is 4.79 Å². The van der Waals surface area contributed by atoms with E-state index in [0.29, 0.717) is 6.54 Å². The molecule has 17 heavy (non-hydrogen) atoms. The van der Waals surface area contributed by atoms with Crippen molar-refractivity contribution in [1.29, 1.82) is 0 Å². The molecule has 2 aromatic rings. The highest BCUT2D eigenvalue weighted by Crippen LogP contribution is 2.25. The molecule has 0 aliphatic rings. The number of hydrogen-bond acceptors (Lipinski definition) is 3. The molecule has 1 amide bonds. The van der Waals surface area contributed by atoms with Gasteiger partial charge in [0.15, 0.2) is 0 Å². The predicted molar refractivity (Wildman–Crippen MR) is 79.8 cm³/mol. The topological polar surface area (TPSA) is 20.3 Å². The third-order valence-electron chi connectivity index (χ3n) is 2.20. The van der Waals surface area contributed by atoms with Crippen LogP contribution in [0.3, 0.4) is 0 Å². The SMILES string of the molecule is CN(Cc1csc(Br)c1)C(=O)c1sccc1Br. The summed E-state index contributed by atoms with van der Waals surface area (Å²) in [5.41, 5.74) is 1.14. The van der Waals surface area contributed by atoms with Gasteiger partial charge in [-0.2, -0.15) is 0 Å². The van der Waals surface area contributed by atoms with Crippen LogP contribution in [0, 0.1) is 0 Å². The van der Waals surface area contributed by atoms with Gasteiger partial charge in [0.25, 0.3) is 5.91 Å². The lowest BCUT2D eigenvalue weighted by molar-refractivity contribution is 0.0789. The molecule has 0 bridgehead atoms. The number of carbonyl (C=O) groups excluding carboxylic acids is 1. The summed E-state index contributed by atoms with van der Waals surface area (Å²) in [6.07, 6.45) is 0. The lowest BCUT2D eigenvalue weighted by Crippen LogP contribution is -2.25. The molecule has 2 nitrogen and oxygen atoms in total. The predicted octanol–water partition coefficient (Wildman–Crippen LogP) is 4.61. The van der Waals surface area contributed by atoms with Crippen LogP contribution in [-0.4, -0.2) is 17.9 Å². The summed E-state index contributed by atoms with van der Waals surface area (Å²) < 4.78 is 1.96. The lowest BCUT2D eigenvalue weighted by Gasteiger charge is -2.15. The van der Waals surface area contributed by atoms with Crippen LogP contribution in [0.4, 0.5) is 0 Å². The molecule has 0 aliphatic heterocycles. The Morgan fingerprint density at radius 2 is 2.18 bits per heavy atom. The molecule has 90 valence electrons. The molecule has 0 unspecified atom stereocenters. The van der Waals surface area contributed by atoms with Crippen molar-refractivity contribution in [2.45, 2.75) is 6.54 Å². The minimum absolute atomic E-state index is 0.0502. The molecule has 0 aliphatic carbocycles. The highest BCUT2D eigenvalue weighted by atomic mass is 79.9. The first-order valence-corrected chi connectivity index (χ1v) is 8.14. The standard InChI is InChI=1S/C11H9Br2NOS2/c1-14(5-7-4-9(13)17-6-7)11(15)10-8(12)2-3-16-10/h2-4,6H,5H2,1H3. The van der Waals surface area contributed by atoms with E-state index >= 15 is 0 Å². The molecule has 0 saturated carbocycles. The first kappa shape index (κ1) is 13.3. The second-order valence-electron chi connectivity index (χ2n) is 3.52. The van der Waals surface area contributed by atoms with E-state index in [2.05, 4.69) is 37.2 Å². The van der Waals surface area contributed by atoms with Crippen molar-refractivity contribution in [2.24, 2.45) is 0 Å². The van der Waals surface area contributed by atoms with Crippen LogP contribution in [0.15, 0.2) is 31.2 Å². The van der Waals surface area contributed by atoms with Gasteiger partial charge >= 0.3 is 0 Å². The van der Waals surface area contributed by atoms with Crippen LogP contribution < -0.4 is 0 Å². The van der Waals surface area contributed by atoms with E-state index in [1.807, 2.05) is 24.6 Å². The van der Waals surface area contributed by atoms with Crippen molar-refractivity contribution in [2.75, 3.05) is 7.05 Å². The molecular weight excluding hydrogens is 386 g/mol. The number of rotatable bonds is 3. The third-order valence-corrected chi connectivity index (χ3v) is 5.58. The third kappa shape index (κ3) is 3.19. The highest BCUT2D eigenvalue weighted by molar-refractivity contribution is 9.11. The van der Waals surface area contributed by atoms with Gasteiger partial charge in [-0.3, -0.25) is 4.79 Å². The highest BCUT2D eigenvalue weighted by Gasteiger charge is 2.16. The second-order valence-corrected chi connectivity index (χ2v) is 7.58. The molecule has 0 N–H and O–H groups in total. The number of amides is 1. The maximum atomic E-state index is 12.1. The van der Waals surface area contributed by atoms with Crippen LogP contribution in [0.1, 0.15) is 15.2 Å². The quantitative estimate of drug-likeness (QED) is 0.744. The van der Waals surface area contributed by atoms with Gasteiger partial charge in [0.2, 0.25) is 0 Å². The zero-order chi connectivity index (χ0) is 12.4. The van der Waals surface area contributed by atoms with Gasteiger partial charge in [-0.05, 0) is 60.3 Å². The minimum atomic E-state index is 0.0502. The summed E-state index contributed by atoms with van der Waals surface area (Å²) in [7, 11) is 1.82. The molecule has 0 fully saturated rings. The number of halogens is 2. The monoisotopic (exact) mass is 393 g/mol. The fourth-order valence-corrected chi connectivity index (χ4v) is 4.13. The van der Waals surface area contributed by atoms with E-state index in [0.717, 1.165) is 18.7 Å². The number of carbonyl (C=O) groups is 1. The van der Waals surface area contributed by atoms with E-state index < -0.39 is 0 Å². The molecule has 0 aromatic carbocycles. The fraction of sp³-hybridized carbons (Fsp3) is 0.182. The van der Waals surface area contributed by atoms with Gasteiger partial charge in [0.05, 0.1) is 3.79 Å². The van der Waals surface area contributed by atoms with Crippen molar-refractivity contribution in [3.63, 3.8) is 0 Å². The number of nitrogens with zero attached hydrogens (tertiary/aromatic N) is 1. The van der Waals surface area contributed by atoms with Gasteiger partial charge in [-0.15, -0.1) is 22.7 Å². The van der Waals surface area contributed by atoms with Crippen molar-refractivity contribution in [3.8, 4) is 0 Å². The van der Waals surface area contributed by atoms with Gasteiger partial charge in [-0.1, -0.05) is 0 Å². The molecule has 0 saturated heterocycles. The zero-order valence-corrected chi connectivity index (χ0v) is 13.7. The minimum Gasteiger partial charge on any atom is -0.337 e. The average molecular weight is 395 g/mol. The fourth-order valence-electron chi connectivity index (χ4n) is 1.39. The van der Waals surface area contributed by atoms with E-state index in [1.165, 1.54) is 11.3 Å². The van der Waals surface area contributed by atoms with E-state index in [-0.39, 0.29) is 5.91 Å². The maximum absolute atomic E-state index is 12.1. The summed E-state index contributed by atoms with van der Waals surface area (Å²) >= 11 is 9.89. The van der Waals surface area contributed by atoms with Crippen molar-refractivity contribution in [3.05, 3.63) is 41.6 Å². The van der Waals surface area contributed by atoms with E-state index in [1.54, 1.807) is 16.2 Å². The maximum Gasteiger partial charge on any atom is 0.265 e. The molecule has 0 atom stereocenters. The van der Waals surface area contributed by atoms with Gasteiger partial charge < -0.3 is 4.90 Å². The Labute approximate surface area is 125 Å². The van der Waals surface area contributed by atoms with Gasteiger partial charge in [0.1, 0.15) is 4.88 Å².